The van der Waals surface area contributed by atoms with E-state index in [2.05, 4.69) is 48.4 Å². The standard InChI is InChI=1S/C37H50N4O3/c1-37(2,3)30-11-12-31-28(19-30)17-27-18-29(20-32(27)39-31)34(42)21-26(13-16-41-14-5-4-6-15-41)24-7-9-25(10-8-24)36(44)40-33-22-38-23-35(33)43/h7-10,17-18,26,30,33,35,38,43H,4-6,11-16,19-23H2,1-3H3,(H,40,44)/t26-,30-,33-,35-/m0/s1. The maximum atomic E-state index is 13.8. The molecular formula is C37H50N4O3. The number of hydrogen-bond donors (Lipinski definition) is 3. The minimum Gasteiger partial charge on any atom is -0.390 e. The number of hydrogen-bond acceptors (Lipinski definition) is 6. The summed E-state index contributed by atoms with van der Waals surface area (Å²) in [6.07, 6.45) is 10.6. The monoisotopic (exact) mass is 598 g/mol. The minimum absolute atomic E-state index is 0.0840. The molecule has 3 heterocycles. The fourth-order valence-corrected chi connectivity index (χ4v) is 7.56. The first-order valence-electron chi connectivity index (χ1n) is 16.9. The second-order valence-electron chi connectivity index (χ2n) is 14.7. The van der Waals surface area contributed by atoms with Gasteiger partial charge in [-0.05, 0) is 116 Å². The number of amides is 1. The molecule has 44 heavy (non-hydrogen) atoms. The van der Waals surface area contributed by atoms with E-state index in [9.17, 15) is 14.7 Å². The van der Waals surface area contributed by atoms with E-state index < -0.39 is 6.10 Å². The lowest BCUT2D eigenvalue weighted by Gasteiger charge is -2.34. The number of likely N-dealkylation sites (tertiary alicyclic amines) is 1. The summed E-state index contributed by atoms with van der Waals surface area (Å²) >= 11 is 0. The highest BCUT2D eigenvalue weighted by Crippen LogP contribution is 2.39. The van der Waals surface area contributed by atoms with Crippen LogP contribution in [-0.2, 0) is 24.1 Å². The number of pyridine rings is 1. The fraction of sp³-hybridized carbons (Fsp3) is 0.595. The largest absolute Gasteiger partial charge is 0.390 e. The molecule has 7 nitrogen and oxygen atoms in total. The summed E-state index contributed by atoms with van der Waals surface area (Å²) in [5.41, 5.74) is 7.63. The molecule has 1 aromatic carbocycles. The molecule has 4 atom stereocenters. The highest BCUT2D eigenvalue weighted by Gasteiger charge is 2.32. The van der Waals surface area contributed by atoms with Crippen molar-refractivity contribution in [2.45, 2.75) is 96.6 Å². The van der Waals surface area contributed by atoms with Crippen LogP contribution < -0.4 is 10.6 Å². The molecule has 0 saturated carbocycles. The molecule has 3 N–H and O–H groups in total. The van der Waals surface area contributed by atoms with Crippen molar-refractivity contribution in [3.05, 3.63) is 69.5 Å². The van der Waals surface area contributed by atoms with Crippen molar-refractivity contribution in [1.82, 2.24) is 20.5 Å². The van der Waals surface area contributed by atoms with Crippen LogP contribution in [-0.4, -0.2) is 71.6 Å². The van der Waals surface area contributed by atoms with Crippen LogP contribution >= 0.6 is 0 Å². The number of nitrogens with zero attached hydrogens (tertiary/aromatic N) is 2. The predicted octanol–water partition coefficient (Wildman–Crippen LogP) is 4.85. The molecule has 0 spiro atoms. The first kappa shape index (κ1) is 31.1. The molecule has 2 fully saturated rings. The van der Waals surface area contributed by atoms with Crippen molar-refractivity contribution in [1.29, 1.82) is 0 Å². The van der Waals surface area contributed by atoms with E-state index in [4.69, 9.17) is 4.98 Å². The van der Waals surface area contributed by atoms with Crippen molar-refractivity contribution >= 4 is 17.8 Å². The van der Waals surface area contributed by atoms with Crippen LogP contribution in [0.25, 0.3) is 6.08 Å². The highest BCUT2D eigenvalue weighted by atomic mass is 16.3. The van der Waals surface area contributed by atoms with Gasteiger partial charge < -0.3 is 20.6 Å². The number of aromatic nitrogens is 1. The average Bonchev–Trinajstić information content (AvgIpc) is 3.63. The maximum absolute atomic E-state index is 13.8. The molecule has 1 aromatic heterocycles. The summed E-state index contributed by atoms with van der Waals surface area (Å²) in [5, 5.41) is 16.1. The predicted molar refractivity (Wildman–Crippen MR) is 175 cm³/mol. The van der Waals surface area contributed by atoms with Crippen LogP contribution in [0.3, 0.4) is 0 Å². The summed E-state index contributed by atoms with van der Waals surface area (Å²) in [7, 11) is 0. The second kappa shape index (κ2) is 13.2. The van der Waals surface area contributed by atoms with Crippen molar-refractivity contribution in [3.63, 3.8) is 0 Å². The number of piperidine rings is 1. The number of carbonyl (C=O) groups is 2. The number of β-amino-alcohol motifs (C(OH)–C–C–N with tert-alkyl or cyclic N) is 1. The van der Waals surface area contributed by atoms with Gasteiger partial charge in [0.05, 0.1) is 17.8 Å². The number of benzene rings is 1. The molecule has 2 aliphatic carbocycles. The van der Waals surface area contributed by atoms with Crippen molar-refractivity contribution in [3.8, 4) is 0 Å². The molecule has 7 heteroatoms. The molecule has 0 bridgehead atoms. The highest BCUT2D eigenvalue weighted by molar-refractivity contribution is 6.02. The van der Waals surface area contributed by atoms with Crippen LogP contribution in [0.15, 0.2) is 35.9 Å². The number of aliphatic hydroxyl groups is 1. The Morgan fingerprint density at radius 2 is 1.86 bits per heavy atom. The lowest BCUT2D eigenvalue weighted by Crippen LogP contribution is -2.42. The number of carbonyl (C=O) groups excluding carboxylic acids is 2. The number of fused-ring (bicyclic) bond motifs is 2. The zero-order chi connectivity index (χ0) is 30.8. The van der Waals surface area contributed by atoms with Crippen molar-refractivity contribution in [2.75, 3.05) is 32.7 Å². The summed E-state index contributed by atoms with van der Waals surface area (Å²) in [4.78, 5) is 34.3. The zero-order valence-corrected chi connectivity index (χ0v) is 26.8. The molecule has 0 unspecified atom stereocenters. The summed E-state index contributed by atoms with van der Waals surface area (Å²) in [5.74, 6) is 0.774. The fourth-order valence-electron chi connectivity index (χ4n) is 7.56. The molecule has 0 radical (unpaired) electrons. The lowest BCUT2D eigenvalue weighted by atomic mass is 9.71. The van der Waals surface area contributed by atoms with Crippen LogP contribution in [0.5, 0.6) is 0 Å². The summed E-state index contributed by atoms with van der Waals surface area (Å²) in [6.45, 7) is 11.3. The molecule has 236 valence electrons. The Morgan fingerprint density at radius 1 is 1.09 bits per heavy atom. The van der Waals surface area contributed by atoms with E-state index in [1.807, 2.05) is 24.3 Å². The molecule has 2 aliphatic heterocycles. The van der Waals surface area contributed by atoms with E-state index in [1.54, 1.807) is 0 Å². The Balaban J connectivity index is 1.15. The molecule has 2 saturated heterocycles. The number of nitrogens with one attached hydrogen (secondary N) is 2. The van der Waals surface area contributed by atoms with Crippen LogP contribution in [0.2, 0.25) is 0 Å². The molecule has 2 aromatic rings. The number of Topliss-reactive ketones (excluding diaryl/α,β-unsaturated/α-hetero) is 1. The van der Waals surface area contributed by atoms with Gasteiger partial charge in [-0.15, -0.1) is 0 Å². The molecule has 6 rings (SSSR count). The summed E-state index contributed by atoms with van der Waals surface area (Å²) in [6, 6.07) is 9.80. The molecule has 4 aliphatic rings. The van der Waals surface area contributed by atoms with Gasteiger partial charge in [-0.3, -0.25) is 14.6 Å². The maximum Gasteiger partial charge on any atom is 0.251 e. The molecule has 1 amide bonds. The van der Waals surface area contributed by atoms with Gasteiger partial charge in [0, 0.05) is 42.8 Å². The number of allylic oxidation sites excluding steroid dienone is 1. The third-order valence-corrected chi connectivity index (χ3v) is 10.6. The van der Waals surface area contributed by atoms with E-state index >= 15 is 0 Å². The first-order valence-corrected chi connectivity index (χ1v) is 16.9. The van der Waals surface area contributed by atoms with E-state index in [0.717, 1.165) is 61.3 Å². The van der Waals surface area contributed by atoms with Gasteiger partial charge in [-0.25, -0.2) is 0 Å². The van der Waals surface area contributed by atoms with Gasteiger partial charge in [0.25, 0.3) is 5.91 Å². The van der Waals surface area contributed by atoms with Crippen LogP contribution in [0.1, 0.15) is 104 Å². The number of rotatable bonds is 9. The first-order chi connectivity index (χ1) is 21.1. The van der Waals surface area contributed by atoms with Gasteiger partial charge in [-0.2, -0.15) is 0 Å². The smallest absolute Gasteiger partial charge is 0.251 e. The van der Waals surface area contributed by atoms with Gasteiger partial charge in [0.1, 0.15) is 0 Å². The quantitative estimate of drug-likeness (QED) is 0.382. The van der Waals surface area contributed by atoms with Gasteiger partial charge in [-0.1, -0.05) is 39.3 Å². The average molecular weight is 599 g/mol. The second-order valence-corrected chi connectivity index (χ2v) is 14.7. The van der Waals surface area contributed by atoms with E-state index in [0.29, 0.717) is 37.4 Å². The Hall–Kier alpha value is -2.87. The summed E-state index contributed by atoms with van der Waals surface area (Å²) < 4.78 is 0. The third kappa shape index (κ3) is 7.16. The Kier molecular flexibility index (Phi) is 9.36. The van der Waals surface area contributed by atoms with E-state index in [-0.39, 0.29) is 29.1 Å². The van der Waals surface area contributed by atoms with Crippen molar-refractivity contribution in [2.24, 2.45) is 11.3 Å². The minimum atomic E-state index is -0.569. The Bertz CT molecular complexity index is 1390. The van der Waals surface area contributed by atoms with Crippen LogP contribution in [0.4, 0.5) is 0 Å². The topological polar surface area (TPSA) is 94.6 Å². The number of aliphatic hydroxyl groups excluding tert-OH is 1. The molecular weight excluding hydrogens is 548 g/mol. The Labute approximate surface area is 262 Å². The lowest BCUT2D eigenvalue weighted by molar-refractivity contribution is -0.116. The van der Waals surface area contributed by atoms with Crippen LogP contribution in [0, 0.1) is 11.3 Å². The van der Waals surface area contributed by atoms with Gasteiger partial charge >= 0.3 is 0 Å². The Morgan fingerprint density at radius 3 is 2.57 bits per heavy atom. The van der Waals surface area contributed by atoms with E-state index in [1.165, 1.54) is 36.9 Å². The number of aryl methyl sites for hydroxylation is 1. The van der Waals surface area contributed by atoms with Gasteiger partial charge in [0.2, 0.25) is 0 Å². The normalized spacial score (nSPS) is 24.4. The zero-order valence-electron chi connectivity index (χ0n) is 26.8. The number of ketones is 1. The van der Waals surface area contributed by atoms with Crippen molar-refractivity contribution < 1.29 is 14.7 Å². The third-order valence-electron chi connectivity index (χ3n) is 10.6. The van der Waals surface area contributed by atoms with Gasteiger partial charge in [0.15, 0.2) is 5.78 Å². The SMILES string of the molecule is CC(C)(C)[C@H]1CCc2nc3c(cc2C1)C=C(C(=O)C[C@H](CCN1CCCCC1)c1ccc(C(=O)N[C@H]2CNC[C@@H]2O)cc1)C3.